The van der Waals surface area contributed by atoms with Gasteiger partial charge in [0, 0.05) is 16.8 Å². The molecule has 0 aliphatic heterocycles. The van der Waals surface area contributed by atoms with Crippen LogP contribution in [0.1, 0.15) is 11.3 Å². The van der Waals surface area contributed by atoms with Crippen LogP contribution in [0.4, 0.5) is 0 Å². The Morgan fingerprint density at radius 1 is 1.00 bits per heavy atom. The standard InChI is InChI=1S/C12H11ClN2O2/c13-9-4-1-8(2-5-9)3-6-10-7-11(16)15-12(17)14-10/h1-2,4-5,7H,3,6H2,(H2,14,15,16,17). The maximum atomic E-state index is 11.1. The molecule has 2 rings (SSSR count). The second-order valence-electron chi connectivity index (χ2n) is 3.74. The summed E-state index contributed by atoms with van der Waals surface area (Å²) in [4.78, 5) is 26.8. The van der Waals surface area contributed by atoms with Crippen LogP contribution in [0.5, 0.6) is 0 Å². The van der Waals surface area contributed by atoms with Gasteiger partial charge in [-0.3, -0.25) is 9.78 Å². The fourth-order valence-corrected chi connectivity index (χ4v) is 1.71. The van der Waals surface area contributed by atoms with Crippen molar-refractivity contribution in [1.82, 2.24) is 9.97 Å². The Hall–Kier alpha value is -1.81. The van der Waals surface area contributed by atoms with E-state index in [0.717, 1.165) is 12.0 Å². The predicted molar refractivity (Wildman–Crippen MR) is 66.5 cm³/mol. The topological polar surface area (TPSA) is 65.7 Å². The minimum Gasteiger partial charge on any atom is -0.311 e. The molecule has 2 aromatic rings. The Morgan fingerprint density at radius 2 is 1.71 bits per heavy atom. The lowest BCUT2D eigenvalue weighted by Gasteiger charge is -2.01. The molecule has 1 aromatic carbocycles. The molecule has 0 atom stereocenters. The molecule has 17 heavy (non-hydrogen) atoms. The summed E-state index contributed by atoms with van der Waals surface area (Å²) in [6.07, 6.45) is 1.36. The molecule has 88 valence electrons. The number of aryl methyl sites for hydroxylation is 2. The van der Waals surface area contributed by atoms with E-state index in [0.29, 0.717) is 17.1 Å². The molecule has 0 spiro atoms. The zero-order chi connectivity index (χ0) is 12.3. The molecule has 0 saturated heterocycles. The molecule has 0 unspecified atom stereocenters. The monoisotopic (exact) mass is 250 g/mol. The van der Waals surface area contributed by atoms with Gasteiger partial charge in [-0.1, -0.05) is 23.7 Å². The van der Waals surface area contributed by atoms with E-state index in [1.54, 1.807) is 0 Å². The summed E-state index contributed by atoms with van der Waals surface area (Å²) in [7, 11) is 0. The molecule has 5 heteroatoms. The summed E-state index contributed by atoms with van der Waals surface area (Å²) in [5.74, 6) is 0. The normalized spacial score (nSPS) is 10.4. The van der Waals surface area contributed by atoms with Gasteiger partial charge in [0.15, 0.2) is 0 Å². The largest absolute Gasteiger partial charge is 0.325 e. The first kappa shape index (κ1) is 11.7. The summed E-state index contributed by atoms with van der Waals surface area (Å²) in [6.45, 7) is 0. The second kappa shape index (κ2) is 5.01. The first-order chi connectivity index (χ1) is 8.13. The van der Waals surface area contributed by atoms with Gasteiger partial charge >= 0.3 is 5.69 Å². The molecule has 0 amide bonds. The highest BCUT2D eigenvalue weighted by Gasteiger charge is 1.98. The van der Waals surface area contributed by atoms with E-state index in [9.17, 15) is 9.59 Å². The van der Waals surface area contributed by atoms with E-state index < -0.39 is 5.69 Å². The third-order valence-electron chi connectivity index (χ3n) is 2.41. The van der Waals surface area contributed by atoms with Gasteiger partial charge in [-0.05, 0) is 30.5 Å². The number of H-pyrrole nitrogens is 2. The lowest BCUT2D eigenvalue weighted by atomic mass is 10.1. The van der Waals surface area contributed by atoms with Crippen LogP contribution in [0.3, 0.4) is 0 Å². The average molecular weight is 251 g/mol. The van der Waals surface area contributed by atoms with Crippen molar-refractivity contribution in [2.24, 2.45) is 0 Å². The average Bonchev–Trinajstić information content (AvgIpc) is 2.27. The highest BCUT2D eigenvalue weighted by atomic mass is 35.5. The highest BCUT2D eigenvalue weighted by molar-refractivity contribution is 6.30. The molecule has 0 aliphatic rings. The van der Waals surface area contributed by atoms with Crippen molar-refractivity contribution in [2.45, 2.75) is 12.8 Å². The maximum Gasteiger partial charge on any atom is 0.325 e. The van der Waals surface area contributed by atoms with E-state index in [4.69, 9.17) is 11.6 Å². The van der Waals surface area contributed by atoms with Crippen LogP contribution < -0.4 is 11.2 Å². The third kappa shape index (κ3) is 3.32. The maximum absolute atomic E-state index is 11.1. The zero-order valence-electron chi connectivity index (χ0n) is 9.00. The number of hydrogen-bond donors (Lipinski definition) is 2. The van der Waals surface area contributed by atoms with Gasteiger partial charge in [0.25, 0.3) is 5.56 Å². The number of halogens is 1. The summed E-state index contributed by atoms with van der Waals surface area (Å²) in [6, 6.07) is 8.88. The zero-order valence-corrected chi connectivity index (χ0v) is 9.75. The number of aromatic nitrogens is 2. The van der Waals surface area contributed by atoms with Crippen LogP contribution >= 0.6 is 11.6 Å². The van der Waals surface area contributed by atoms with Gasteiger partial charge in [0.05, 0.1) is 0 Å². The molecule has 1 aromatic heterocycles. The van der Waals surface area contributed by atoms with Gasteiger partial charge in [0.1, 0.15) is 0 Å². The Labute approximate surface area is 102 Å². The fraction of sp³-hybridized carbons (Fsp3) is 0.167. The van der Waals surface area contributed by atoms with Gasteiger partial charge in [-0.15, -0.1) is 0 Å². The van der Waals surface area contributed by atoms with E-state index in [-0.39, 0.29) is 5.56 Å². The highest BCUT2D eigenvalue weighted by Crippen LogP contribution is 2.10. The number of hydrogen-bond acceptors (Lipinski definition) is 2. The third-order valence-corrected chi connectivity index (χ3v) is 2.66. The van der Waals surface area contributed by atoms with Crippen LogP contribution in [0.15, 0.2) is 39.9 Å². The van der Waals surface area contributed by atoms with Crippen LogP contribution in [-0.4, -0.2) is 9.97 Å². The number of nitrogens with one attached hydrogen (secondary N) is 2. The van der Waals surface area contributed by atoms with Crippen LogP contribution in [-0.2, 0) is 12.8 Å². The minimum atomic E-state index is -0.469. The van der Waals surface area contributed by atoms with Crippen molar-refractivity contribution in [3.05, 3.63) is 67.4 Å². The van der Waals surface area contributed by atoms with E-state index in [2.05, 4.69) is 9.97 Å². The minimum absolute atomic E-state index is 0.375. The van der Waals surface area contributed by atoms with E-state index >= 15 is 0 Å². The van der Waals surface area contributed by atoms with Gasteiger partial charge in [-0.2, -0.15) is 0 Å². The van der Waals surface area contributed by atoms with Gasteiger partial charge in [0.2, 0.25) is 0 Å². The Morgan fingerprint density at radius 3 is 2.35 bits per heavy atom. The summed E-state index contributed by atoms with van der Waals surface area (Å²) >= 11 is 5.78. The molecule has 0 bridgehead atoms. The SMILES string of the molecule is O=c1cc(CCc2ccc(Cl)cc2)[nH]c(=O)[nH]1. The number of rotatable bonds is 3. The van der Waals surface area contributed by atoms with Crippen molar-refractivity contribution in [3.63, 3.8) is 0 Å². The molecule has 1 heterocycles. The summed E-state index contributed by atoms with van der Waals surface area (Å²) < 4.78 is 0. The lowest BCUT2D eigenvalue weighted by Crippen LogP contribution is -2.23. The van der Waals surface area contributed by atoms with Gasteiger partial charge < -0.3 is 4.98 Å². The Bertz CT molecular complexity index is 585. The van der Waals surface area contributed by atoms with Crippen molar-refractivity contribution in [2.75, 3.05) is 0 Å². The van der Waals surface area contributed by atoms with E-state index in [1.807, 2.05) is 24.3 Å². The Kier molecular flexibility index (Phi) is 3.44. The predicted octanol–water partition coefficient (Wildman–Crippen LogP) is 1.50. The first-order valence-electron chi connectivity index (χ1n) is 5.20. The molecule has 2 N–H and O–H groups in total. The molecule has 0 aliphatic carbocycles. The van der Waals surface area contributed by atoms with Crippen molar-refractivity contribution >= 4 is 11.6 Å². The smallest absolute Gasteiger partial charge is 0.311 e. The fourth-order valence-electron chi connectivity index (χ4n) is 1.58. The van der Waals surface area contributed by atoms with Gasteiger partial charge in [-0.25, -0.2) is 4.79 Å². The molecule has 0 fully saturated rings. The number of aromatic amines is 2. The molecular weight excluding hydrogens is 240 g/mol. The Balaban J connectivity index is 2.09. The number of benzene rings is 1. The van der Waals surface area contributed by atoms with Crippen molar-refractivity contribution < 1.29 is 0 Å². The van der Waals surface area contributed by atoms with Crippen LogP contribution in [0, 0.1) is 0 Å². The summed E-state index contributed by atoms with van der Waals surface area (Å²) in [5, 5.41) is 0.693. The molecule has 0 radical (unpaired) electrons. The molecule has 4 nitrogen and oxygen atoms in total. The van der Waals surface area contributed by atoms with Crippen molar-refractivity contribution in [3.8, 4) is 0 Å². The quantitative estimate of drug-likeness (QED) is 0.867. The first-order valence-corrected chi connectivity index (χ1v) is 5.58. The van der Waals surface area contributed by atoms with Crippen LogP contribution in [0.2, 0.25) is 5.02 Å². The van der Waals surface area contributed by atoms with Crippen LogP contribution in [0.25, 0.3) is 0 Å². The van der Waals surface area contributed by atoms with Crippen molar-refractivity contribution in [1.29, 1.82) is 0 Å². The second-order valence-corrected chi connectivity index (χ2v) is 4.18. The summed E-state index contributed by atoms with van der Waals surface area (Å²) in [5.41, 5.74) is 0.896. The molecular formula is C12H11ClN2O2. The van der Waals surface area contributed by atoms with E-state index in [1.165, 1.54) is 6.07 Å². The molecule has 0 saturated carbocycles. The lowest BCUT2D eigenvalue weighted by molar-refractivity contribution is 0.872.